The summed E-state index contributed by atoms with van der Waals surface area (Å²) < 4.78 is 0. The summed E-state index contributed by atoms with van der Waals surface area (Å²) in [5, 5.41) is 0. The van der Waals surface area contributed by atoms with Crippen LogP contribution in [-0.2, 0) is 0 Å². The second-order valence-electron chi connectivity index (χ2n) is 4.67. The molecule has 1 fully saturated rings. The van der Waals surface area contributed by atoms with Crippen LogP contribution in [0.3, 0.4) is 0 Å². The molecule has 2 rings (SSSR count). The van der Waals surface area contributed by atoms with E-state index in [2.05, 4.69) is 13.8 Å². The molecule has 2 heterocycles. The van der Waals surface area contributed by atoms with Crippen molar-refractivity contribution in [2.75, 3.05) is 6.54 Å². The molecule has 1 aliphatic heterocycles. The van der Waals surface area contributed by atoms with Gasteiger partial charge >= 0.3 is 0 Å². The van der Waals surface area contributed by atoms with Crippen LogP contribution in [0.15, 0.2) is 6.07 Å². The van der Waals surface area contributed by atoms with Gasteiger partial charge in [0.15, 0.2) is 0 Å². The lowest BCUT2D eigenvalue weighted by Gasteiger charge is -2.33. The van der Waals surface area contributed by atoms with Gasteiger partial charge in [-0.3, -0.25) is 4.79 Å². The lowest BCUT2D eigenvalue weighted by Crippen LogP contribution is -2.42. The Morgan fingerprint density at radius 3 is 2.75 bits per heavy atom. The van der Waals surface area contributed by atoms with Crippen molar-refractivity contribution in [2.45, 2.75) is 46.1 Å². The van der Waals surface area contributed by atoms with Gasteiger partial charge in [0.25, 0.3) is 5.91 Å². The molecular formula is C13H19NOS. The van der Waals surface area contributed by atoms with Crippen LogP contribution in [0.25, 0.3) is 0 Å². The van der Waals surface area contributed by atoms with E-state index in [9.17, 15) is 4.79 Å². The lowest BCUT2D eigenvalue weighted by atomic mass is 10.0. The summed E-state index contributed by atoms with van der Waals surface area (Å²) in [7, 11) is 0. The van der Waals surface area contributed by atoms with Gasteiger partial charge in [-0.25, -0.2) is 0 Å². The summed E-state index contributed by atoms with van der Waals surface area (Å²) in [6.07, 6.45) is 3.55. The first-order valence-corrected chi connectivity index (χ1v) is 6.79. The molecule has 1 aliphatic rings. The van der Waals surface area contributed by atoms with Gasteiger partial charge in [0.2, 0.25) is 0 Å². The van der Waals surface area contributed by atoms with Crippen molar-refractivity contribution < 1.29 is 4.79 Å². The number of thiophene rings is 1. The summed E-state index contributed by atoms with van der Waals surface area (Å²) >= 11 is 1.72. The molecular weight excluding hydrogens is 218 g/mol. The van der Waals surface area contributed by atoms with E-state index in [1.54, 1.807) is 11.3 Å². The van der Waals surface area contributed by atoms with Gasteiger partial charge in [0.05, 0.1) is 5.56 Å². The quantitative estimate of drug-likeness (QED) is 0.733. The summed E-state index contributed by atoms with van der Waals surface area (Å²) in [4.78, 5) is 16.8. The number of carbonyl (C=O) groups excluding carboxylic acids is 1. The minimum absolute atomic E-state index is 0.231. The van der Waals surface area contributed by atoms with E-state index in [-0.39, 0.29) is 5.91 Å². The average molecular weight is 237 g/mol. The molecule has 1 unspecified atom stereocenters. The van der Waals surface area contributed by atoms with Gasteiger partial charge in [-0.1, -0.05) is 0 Å². The third kappa shape index (κ3) is 2.14. The molecule has 1 aromatic rings. The fraction of sp³-hybridized carbons (Fsp3) is 0.615. The van der Waals surface area contributed by atoms with Gasteiger partial charge in [-0.15, -0.1) is 11.3 Å². The summed E-state index contributed by atoms with van der Waals surface area (Å²) in [5.41, 5.74) is 0.913. The van der Waals surface area contributed by atoms with Crippen molar-refractivity contribution in [3.8, 4) is 0 Å². The Balaban J connectivity index is 2.21. The zero-order chi connectivity index (χ0) is 11.7. The average Bonchev–Trinajstić information content (AvgIpc) is 2.58. The van der Waals surface area contributed by atoms with Crippen molar-refractivity contribution in [2.24, 2.45) is 0 Å². The number of nitrogens with zero attached hydrogens (tertiary/aromatic N) is 1. The molecule has 2 nitrogen and oxygen atoms in total. The van der Waals surface area contributed by atoms with Crippen LogP contribution in [0, 0.1) is 13.8 Å². The molecule has 16 heavy (non-hydrogen) atoms. The Hall–Kier alpha value is -0.830. The van der Waals surface area contributed by atoms with E-state index in [0.717, 1.165) is 29.8 Å². The van der Waals surface area contributed by atoms with Gasteiger partial charge in [-0.2, -0.15) is 0 Å². The second-order valence-corrected chi connectivity index (χ2v) is 6.13. The molecule has 1 atom stereocenters. The highest BCUT2D eigenvalue weighted by Crippen LogP contribution is 2.25. The van der Waals surface area contributed by atoms with E-state index < -0.39 is 0 Å². The fourth-order valence-electron chi connectivity index (χ4n) is 2.40. The number of aryl methyl sites for hydroxylation is 2. The van der Waals surface area contributed by atoms with Crippen LogP contribution in [-0.4, -0.2) is 23.4 Å². The summed E-state index contributed by atoms with van der Waals surface area (Å²) in [6.45, 7) is 7.19. The first kappa shape index (κ1) is 11.6. The molecule has 3 heteroatoms. The number of carbonyl (C=O) groups is 1. The molecule has 0 aromatic carbocycles. The molecule has 0 aliphatic carbocycles. The molecule has 88 valence electrons. The Labute approximate surface area is 101 Å². The van der Waals surface area contributed by atoms with Crippen molar-refractivity contribution in [3.05, 3.63) is 21.4 Å². The predicted octanol–water partition coefficient (Wildman–Crippen LogP) is 3.38. The topological polar surface area (TPSA) is 20.3 Å². The molecule has 0 radical (unpaired) electrons. The molecule has 1 saturated heterocycles. The monoisotopic (exact) mass is 237 g/mol. The third-order valence-electron chi connectivity index (χ3n) is 3.34. The minimum atomic E-state index is 0.231. The predicted molar refractivity (Wildman–Crippen MR) is 68.1 cm³/mol. The zero-order valence-corrected chi connectivity index (χ0v) is 11.1. The number of piperidine rings is 1. The Morgan fingerprint density at radius 1 is 1.44 bits per heavy atom. The second kappa shape index (κ2) is 4.58. The van der Waals surface area contributed by atoms with Crippen LogP contribution >= 0.6 is 11.3 Å². The van der Waals surface area contributed by atoms with Crippen molar-refractivity contribution in [1.82, 2.24) is 4.90 Å². The maximum atomic E-state index is 12.4. The van der Waals surface area contributed by atoms with Crippen LogP contribution < -0.4 is 0 Å². The van der Waals surface area contributed by atoms with E-state index in [0.29, 0.717) is 6.04 Å². The molecule has 1 aromatic heterocycles. The third-order valence-corrected chi connectivity index (χ3v) is 4.30. The smallest absolute Gasteiger partial charge is 0.255 e. The number of hydrogen-bond donors (Lipinski definition) is 0. The normalized spacial score (nSPS) is 21.2. The molecule has 0 spiro atoms. The Kier molecular flexibility index (Phi) is 3.33. The first-order chi connectivity index (χ1) is 7.59. The highest BCUT2D eigenvalue weighted by molar-refractivity contribution is 7.12. The number of amides is 1. The SMILES string of the molecule is Cc1cc(C(=O)N2CCCCC2C)c(C)s1. The first-order valence-electron chi connectivity index (χ1n) is 5.97. The molecule has 1 amide bonds. The van der Waals surface area contributed by atoms with Crippen LogP contribution in [0.4, 0.5) is 0 Å². The summed E-state index contributed by atoms with van der Waals surface area (Å²) in [6, 6.07) is 2.43. The van der Waals surface area contributed by atoms with Crippen molar-refractivity contribution >= 4 is 17.2 Å². The van der Waals surface area contributed by atoms with E-state index in [4.69, 9.17) is 0 Å². The highest BCUT2D eigenvalue weighted by atomic mass is 32.1. The van der Waals surface area contributed by atoms with Crippen molar-refractivity contribution in [3.63, 3.8) is 0 Å². The largest absolute Gasteiger partial charge is 0.336 e. The van der Waals surface area contributed by atoms with Crippen LogP contribution in [0.2, 0.25) is 0 Å². The maximum absolute atomic E-state index is 12.4. The highest BCUT2D eigenvalue weighted by Gasteiger charge is 2.25. The van der Waals surface area contributed by atoms with E-state index in [1.165, 1.54) is 11.3 Å². The molecule has 0 N–H and O–H groups in total. The number of likely N-dealkylation sites (tertiary alicyclic amines) is 1. The number of rotatable bonds is 1. The van der Waals surface area contributed by atoms with Gasteiger partial charge in [-0.05, 0) is 46.1 Å². The van der Waals surface area contributed by atoms with E-state index in [1.807, 2.05) is 17.9 Å². The van der Waals surface area contributed by atoms with Crippen LogP contribution in [0.1, 0.15) is 46.3 Å². The van der Waals surface area contributed by atoms with Gasteiger partial charge in [0.1, 0.15) is 0 Å². The molecule has 0 bridgehead atoms. The summed E-state index contributed by atoms with van der Waals surface area (Å²) in [5.74, 6) is 0.231. The maximum Gasteiger partial charge on any atom is 0.255 e. The lowest BCUT2D eigenvalue weighted by molar-refractivity contribution is 0.0635. The fourth-order valence-corrected chi connectivity index (χ4v) is 3.31. The van der Waals surface area contributed by atoms with Crippen LogP contribution in [0.5, 0.6) is 0 Å². The molecule has 0 saturated carbocycles. The Morgan fingerprint density at radius 2 is 2.19 bits per heavy atom. The van der Waals surface area contributed by atoms with Gasteiger partial charge < -0.3 is 4.90 Å². The van der Waals surface area contributed by atoms with E-state index >= 15 is 0 Å². The minimum Gasteiger partial charge on any atom is -0.336 e. The Bertz CT molecular complexity index is 397. The van der Waals surface area contributed by atoms with Gasteiger partial charge in [0, 0.05) is 22.3 Å². The zero-order valence-electron chi connectivity index (χ0n) is 10.2. The number of hydrogen-bond acceptors (Lipinski definition) is 2. The standard InChI is InChI=1S/C13H19NOS/c1-9-6-4-5-7-14(9)13(15)12-8-10(2)16-11(12)3/h8-9H,4-7H2,1-3H3. The van der Waals surface area contributed by atoms with Crippen molar-refractivity contribution in [1.29, 1.82) is 0 Å².